The molecule has 2 aromatic carbocycles. The van der Waals surface area contributed by atoms with Crippen LogP contribution in [0.3, 0.4) is 0 Å². The minimum Gasteiger partial charge on any atom is -0.348 e. The predicted octanol–water partition coefficient (Wildman–Crippen LogP) is 4.28. The Morgan fingerprint density at radius 1 is 0.938 bits per heavy atom. The smallest absolute Gasteiger partial charge is 0.276 e. The summed E-state index contributed by atoms with van der Waals surface area (Å²) in [5.74, 6) is -0.181. The number of aromatic nitrogens is 3. The summed E-state index contributed by atoms with van der Waals surface area (Å²) in [5.41, 5.74) is 4.24. The average Bonchev–Trinajstić information content (AvgIpc) is 3.32. The number of nitrogens with one attached hydrogen (secondary N) is 1. The van der Waals surface area contributed by atoms with Crippen LogP contribution in [0.25, 0.3) is 16.7 Å². The van der Waals surface area contributed by atoms with Crippen molar-refractivity contribution in [2.45, 2.75) is 13.1 Å². The van der Waals surface area contributed by atoms with Gasteiger partial charge >= 0.3 is 0 Å². The van der Waals surface area contributed by atoms with E-state index >= 15 is 0 Å². The molecular formula is C25H19ClN4O2. The number of halogens is 1. The summed E-state index contributed by atoms with van der Waals surface area (Å²) in [6.45, 7) is 0.714. The van der Waals surface area contributed by atoms with Gasteiger partial charge in [-0.25, -0.2) is 4.98 Å². The van der Waals surface area contributed by atoms with Crippen molar-refractivity contribution in [2.75, 3.05) is 0 Å². The van der Waals surface area contributed by atoms with Gasteiger partial charge in [0.15, 0.2) is 5.65 Å². The molecule has 0 aliphatic rings. The van der Waals surface area contributed by atoms with Crippen LogP contribution in [0.1, 0.15) is 21.5 Å². The Hall–Kier alpha value is -3.90. The Labute approximate surface area is 188 Å². The third kappa shape index (κ3) is 3.76. The molecule has 0 atom stereocenters. The maximum absolute atomic E-state index is 13.1. The van der Waals surface area contributed by atoms with Gasteiger partial charge < -0.3 is 9.72 Å². The van der Waals surface area contributed by atoms with Gasteiger partial charge in [-0.2, -0.15) is 0 Å². The SMILES string of the molecule is O=C(NCc1ccc(Cl)cc1)c1cccc(Cn2c(=O)c3cccn3c3cccnc32)c1. The van der Waals surface area contributed by atoms with E-state index in [2.05, 4.69) is 10.3 Å². The third-order valence-corrected chi connectivity index (χ3v) is 5.64. The topological polar surface area (TPSA) is 68.4 Å². The molecule has 6 nitrogen and oxygen atoms in total. The number of carbonyl (C=O) groups excluding carboxylic acids is 1. The fourth-order valence-electron chi connectivity index (χ4n) is 3.81. The van der Waals surface area contributed by atoms with Gasteiger partial charge in [0.1, 0.15) is 5.52 Å². The summed E-state index contributed by atoms with van der Waals surface area (Å²) in [6.07, 6.45) is 3.53. The zero-order valence-corrected chi connectivity index (χ0v) is 17.8. The quantitative estimate of drug-likeness (QED) is 0.441. The molecule has 0 spiro atoms. The van der Waals surface area contributed by atoms with Crippen LogP contribution < -0.4 is 10.9 Å². The Balaban J connectivity index is 1.43. The second-order valence-corrected chi connectivity index (χ2v) is 7.95. The van der Waals surface area contributed by atoms with Crippen molar-refractivity contribution in [3.8, 4) is 0 Å². The highest BCUT2D eigenvalue weighted by atomic mass is 35.5. The molecule has 1 amide bonds. The van der Waals surface area contributed by atoms with Gasteiger partial charge in [0.25, 0.3) is 11.5 Å². The van der Waals surface area contributed by atoms with E-state index in [1.54, 1.807) is 41.1 Å². The van der Waals surface area contributed by atoms with E-state index in [-0.39, 0.29) is 11.5 Å². The maximum atomic E-state index is 13.1. The van der Waals surface area contributed by atoms with Gasteiger partial charge in [0, 0.05) is 29.5 Å². The molecule has 1 N–H and O–H groups in total. The van der Waals surface area contributed by atoms with Gasteiger partial charge in [-0.15, -0.1) is 0 Å². The van der Waals surface area contributed by atoms with E-state index < -0.39 is 0 Å². The highest BCUT2D eigenvalue weighted by molar-refractivity contribution is 6.30. The summed E-state index contributed by atoms with van der Waals surface area (Å²) < 4.78 is 3.50. The minimum absolute atomic E-state index is 0.126. The van der Waals surface area contributed by atoms with Crippen molar-refractivity contribution in [1.29, 1.82) is 0 Å². The van der Waals surface area contributed by atoms with E-state index in [4.69, 9.17) is 11.6 Å². The lowest BCUT2D eigenvalue weighted by Crippen LogP contribution is -2.25. The fraction of sp³-hybridized carbons (Fsp3) is 0.0800. The second kappa shape index (κ2) is 8.32. The molecule has 3 aromatic heterocycles. The van der Waals surface area contributed by atoms with E-state index in [0.717, 1.165) is 16.6 Å². The van der Waals surface area contributed by atoms with E-state index in [1.165, 1.54) is 0 Å². The first kappa shape index (κ1) is 20.0. The van der Waals surface area contributed by atoms with Crippen LogP contribution in [0, 0.1) is 0 Å². The Bertz CT molecular complexity index is 1500. The lowest BCUT2D eigenvalue weighted by Gasteiger charge is -2.12. The Morgan fingerprint density at radius 2 is 1.75 bits per heavy atom. The largest absolute Gasteiger partial charge is 0.348 e. The number of nitrogens with zero attached hydrogens (tertiary/aromatic N) is 3. The molecule has 3 heterocycles. The molecule has 32 heavy (non-hydrogen) atoms. The lowest BCUT2D eigenvalue weighted by molar-refractivity contribution is 0.0951. The van der Waals surface area contributed by atoms with Gasteiger partial charge in [-0.3, -0.25) is 14.2 Å². The van der Waals surface area contributed by atoms with Crippen LogP contribution in [-0.2, 0) is 13.1 Å². The van der Waals surface area contributed by atoms with Crippen molar-refractivity contribution in [3.63, 3.8) is 0 Å². The Morgan fingerprint density at radius 3 is 2.59 bits per heavy atom. The summed E-state index contributed by atoms with van der Waals surface area (Å²) >= 11 is 5.91. The first-order chi connectivity index (χ1) is 15.6. The number of hydrogen-bond donors (Lipinski definition) is 1. The highest BCUT2D eigenvalue weighted by Crippen LogP contribution is 2.15. The second-order valence-electron chi connectivity index (χ2n) is 7.51. The molecule has 0 unspecified atom stereocenters. The third-order valence-electron chi connectivity index (χ3n) is 5.39. The molecule has 0 bridgehead atoms. The number of pyridine rings is 1. The van der Waals surface area contributed by atoms with Gasteiger partial charge in [-0.05, 0) is 59.7 Å². The molecule has 0 saturated heterocycles. The van der Waals surface area contributed by atoms with Crippen molar-refractivity contribution < 1.29 is 4.79 Å². The van der Waals surface area contributed by atoms with Crippen LogP contribution in [-0.4, -0.2) is 19.9 Å². The zero-order valence-electron chi connectivity index (χ0n) is 17.0. The van der Waals surface area contributed by atoms with Crippen LogP contribution in [0.2, 0.25) is 5.02 Å². The lowest BCUT2D eigenvalue weighted by atomic mass is 10.1. The molecule has 5 rings (SSSR count). The van der Waals surface area contributed by atoms with E-state index in [0.29, 0.717) is 34.8 Å². The van der Waals surface area contributed by atoms with Gasteiger partial charge in [0.05, 0.1) is 12.1 Å². The number of fused-ring (bicyclic) bond motifs is 3. The summed E-state index contributed by atoms with van der Waals surface area (Å²) in [6, 6.07) is 22.1. The first-order valence-corrected chi connectivity index (χ1v) is 10.5. The van der Waals surface area contributed by atoms with E-state index in [9.17, 15) is 9.59 Å². The van der Waals surface area contributed by atoms with Crippen LogP contribution in [0.4, 0.5) is 0 Å². The number of rotatable bonds is 5. The molecule has 0 radical (unpaired) electrons. The van der Waals surface area contributed by atoms with E-state index in [1.807, 2.05) is 53.1 Å². The summed E-state index contributed by atoms with van der Waals surface area (Å²) in [7, 11) is 0. The molecular weight excluding hydrogens is 424 g/mol. The first-order valence-electron chi connectivity index (χ1n) is 10.2. The number of benzene rings is 2. The molecule has 0 fully saturated rings. The van der Waals surface area contributed by atoms with Gasteiger partial charge in [-0.1, -0.05) is 35.9 Å². The maximum Gasteiger partial charge on any atom is 0.276 e. The van der Waals surface area contributed by atoms with Crippen molar-refractivity contribution in [1.82, 2.24) is 19.3 Å². The van der Waals surface area contributed by atoms with Crippen molar-refractivity contribution in [3.05, 3.63) is 117 Å². The molecule has 0 saturated carbocycles. The standard InChI is InChI=1S/C25H19ClN4O2/c26-20-10-8-17(9-11-20)15-28-24(31)19-5-1-4-18(14-19)16-30-23-21(6-2-12-27-23)29-13-3-7-22(29)25(30)32/h1-14H,15-16H2,(H,28,31). The van der Waals surface area contributed by atoms with Gasteiger partial charge in [0.2, 0.25) is 0 Å². The van der Waals surface area contributed by atoms with Crippen LogP contribution in [0.15, 0.2) is 90.0 Å². The zero-order chi connectivity index (χ0) is 22.1. The number of amides is 1. The normalized spacial score (nSPS) is 11.2. The van der Waals surface area contributed by atoms with Crippen LogP contribution in [0.5, 0.6) is 0 Å². The van der Waals surface area contributed by atoms with Crippen molar-refractivity contribution >= 4 is 34.2 Å². The predicted molar refractivity (Wildman–Crippen MR) is 125 cm³/mol. The summed E-state index contributed by atoms with van der Waals surface area (Å²) in [4.78, 5) is 30.3. The fourth-order valence-corrected chi connectivity index (χ4v) is 3.94. The van der Waals surface area contributed by atoms with Crippen LogP contribution >= 0.6 is 11.6 Å². The minimum atomic E-state index is -0.181. The Kier molecular flexibility index (Phi) is 5.21. The molecule has 0 aliphatic heterocycles. The monoisotopic (exact) mass is 442 g/mol. The average molecular weight is 443 g/mol. The molecule has 5 aromatic rings. The summed E-state index contributed by atoms with van der Waals surface area (Å²) in [5, 5.41) is 3.58. The molecule has 158 valence electrons. The number of hydrogen-bond acceptors (Lipinski definition) is 3. The highest BCUT2D eigenvalue weighted by Gasteiger charge is 2.13. The molecule has 7 heteroatoms. The molecule has 0 aliphatic carbocycles. The van der Waals surface area contributed by atoms with Crippen molar-refractivity contribution in [2.24, 2.45) is 0 Å². The number of carbonyl (C=O) groups is 1.